The molecular formula is C21H35ClIN5O2. The molecule has 170 valence electrons. The van der Waals surface area contributed by atoms with E-state index in [4.69, 9.17) is 16.3 Å². The molecule has 1 atom stereocenters. The Bertz CT molecular complexity index is 679. The molecule has 7 nitrogen and oxygen atoms in total. The highest BCUT2D eigenvalue weighted by Crippen LogP contribution is 2.21. The van der Waals surface area contributed by atoms with Gasteiger partial charge in [-0.05, 0) is 64.0 Å². The average Bonchev–Trinajstić information content (AvgIpc) is 2.67. The summed E-state index contributed by atoms with van der Waals surface area (Å²) in [6.07, 6.45) is 5.58. The van der Waals surface area contributed by atoms with Crippen LogP contribution in [0.5, 0.6) is 0 Å². The molecule has 0 spiro atoms. The fourth-order valence-electron chi connectivity index (χ4n) is 3.29. The number of piperidine rings is 1. The van der Waals surface area contributed by atoms with Crippen molar-refractivity contribution in [1.82, 2.24) is 20.5 Å². The number of carbonyl (C=O) groups is 1. The lowest BCUT2D eigenvalue weighted by atomic mass is 9.95. The van der Waals surface area contributed by atoms with Crippen LogP contribution in [0.2, 0.25) is 5.15 Å². The number of halogens is 2. The van der Waals surface area contributed by atoms with Crippen LogP contribution < -0.4 is 10.6 Å². The van der Waals surface area contributed by atoms with Crippen molar-refractivity contribution in [1.29, 1.82) is 0 Å². The van der Waals surface area contributed by atoms with E-state index in [1.807, 2.05) is 31.7 Å². The summed E-state index contributed by atoms with van der Waals surface area (Å²) < 4.78 is 5.50. The first kappa shape index (κ1) is 26.7. The van der Waals surface area contributed by atoms with Crippen LogP contribution in [0.4, 0.5) is 4.79 Å². The van der Waals surface area contributed by atoms with Crippen molar-refractivity contribution in [3.05, 3.63) is 29.0 Å². The van der Waals surface area contributed by atoms with Gasteiger partial charge >= 0.3 is 6.09 Å². The maximum Gasteiger partial charge on any atom is 0.410 e. The number of pyridine rings is 1. The smallest absolute Gasteiger partial charge is 0.410 e. The number of likely N-dealkylation sites (tertiary alicyclic amines) is 1. The van der Waals surface area contributed by atoms with Crippen LogP contribution in [0.25, 0.3) is 0 Å². The number of ether oxygens (including phenoxy) is 1. The van der Waals surface area contributed by atoms with Gasteiger partial charge in [0.15, 0.2) is 5.96 Å². The SMILES string of the molecule is CN=C(NCCc1ccc(Cl)nc1)NCCC1CCCN(C(=O)OC(C)(C)C)C1.I. The minimum atomic E-state index is -0.453. The molecule has 0 aliphatic carbocycles. The first-order valence-electron chi connectivity index (χ1n) is 10.3. The van der Waals surface area contributed by atoms with Crippen LogP contribution in [-0.2, 0) is 11.2 Å². The number of nitrogens with one attached hydrogen (secondary N) is 2. The van der Waals surface area contributed by atoms with Crippen molar-refractivity contribution in [2.24, 2.45) is 10.9 Å². The third-order valence-electron chi connectivity index (χ3n) is 4.73. The molecule has 2 rings (SSSR count). The fourth-order valence-corrected chi connectivity index (χ4v) is 3.40. The van der Waals surface area contributed by atoms with E-state index in [1.165, 1.54) is 0 Å². The van der Waals surface area contributed by atoms with Gasteiger partial charge < -0.3 is 20.3 Å². The largest absolute Gasteiger partial charge is 0.444 e. The number of carbonyl (C=O) groups excluding carboxylic acids is 1. The molecule has 1 amide bonds. The van der Waals surface area contributed by atoms with Crippen LogP contribution in [0, 0.1) is 5.92 Å². The highest BCUT2D eigenvalue weighted by molar-refractivity contribution is 14.0. The van der Waals surface area contributed by atoms with E-state index in [0.29, 0.717) is 11.1 Å². The summed E-state index contributed by atoms with van der Waals surface area (Å²) in [6.45, 7) is 8.82. The number of hydrogen-bond donors (Lipinski definition) is 2. The molecule has 0 bridgehead atoms. The Morgan fingerprint density at radius 1 is 1.33 bits per heavy atom. The van der Waals surface area contributed by atoms with Crippen molar-refractivity contribution < 1.29 is 9.53 Å². The van der Waals surface area contributed by atoms with E-state index in [-0.39, 0.29) is 30.1 Å². The second-order valence-corrected chi connectivity index (χ2v) is 8.78. The predicted octanol–water partition coefficient (Wildman–Crippen LogP) is 4.10. The van der Waals surface area contributed by atoms with E-state index in [1.54, 1.807) is 19.3 Å². The third-order valence-corrected chi connectivity index (χ3v) is 4.96. The Balaban J connectivity index is 0.00000450. The number of hydrogen-bond acceptors (Lipinski definition) is 4. The van der Waals surface area contributed by atoms with Gasteiger partial charge in [-0.1, -0.05) is 17.7 Å². The molecule has 1 aromatic rings. The van der Waals surface area contributed by atoms with Crippen LogP contribution >= 0.6 is 35.6 Å². The lowest BCUT2D eigenvalue weighted by Crippen LogP contribution is -2.44. The van der Waals surface area contributed by atoms with Gasteiger partial charge in [0.05, 0.1) is 0 Å². The second kappa shape index (κ2) is 13.2. The van der Waals surface area contributed by atoms with Gasteiger partial charge in [0.1, 0.15) is 10.8 Å². The number of rotatable bonds is 6. The van der Waals surface area contributed by atoms with Crippen LogP contribution in [0.15, 0.2) is 23.3 Å². The van der Waals surface area contributed by atoms with E-state index < -0.39 is 5.60 Å². The molecule has 1 unspecified atom stereocenters. The van der Waals surface area contributed by atoms with Crippen molar-refractivity contribution >= 4 is 47.6 Å². The number of aromatic nitrogens is 1. The first-order valence-corrected chi connectivity index (χ1v) is 10.7. The van der Waals surface area contributed by atoms with Gasteiger partial charge in [-0.2, -0.15) is 0 Å². The number of aliphatic imine (C=N–C) groups is 1. The molecule has 1 aliphatic heterocycles. The summed E-state index contributed by atoms with van der Waals surface area (Å²) in [5, 5.41) is 7.19. The lowest BCUT2D eigenvalue weighted by Gasteiger charge is -2.34. The molecule has 1 fully saturated rings. The Morgan fingerprint density at radius 3 is 2.70 bits per heavy atom. The normalized spacial score (nSPS) is 17.2. The molecule has 0 aromatic carbocycles. The molecular weight excluding hydrogens is 517 g/mol. The lowest BCUT2D eigenvalue weighted by molar-refractivity contribution is 0.0162. The van der Waals surface area contributed by atoms with Crippen molar-refractivity contribution in [2.45, 2.75) is 52.1 Å². The van der Waals surface area contributed by atoms with Crippen LogP contribution in [0.3, 0.4) is 0 Å². The zero-order chi connectivity index (χ0) is 21.3. The number of nitrogens with zero attached hydrogens (tertiary/aromatic N) is 3. The monoisotopic (exact) mass is 551 g/mol. The van der Waals surface area contributed by atoms with E-state index >= 15 is 0 Å². The summed E-state index contributed by atoms with van der Waals surface area (Å²) >= 11 is 5.81. The highest BCUT2D eigenvalue weighted by Gasteiger charge is 2.27. The summed E-state index contributed by atoms with van der Waals surface area (Å²) in [4.78, 5) is 22.5. The second-order valence-electron chi connectivity index (χ2n) is 8.39. The molecule has 2 N–H and O–H groups in total. The average molecular weight is 552 g/mol. The predicted molar refractivity (Wildman–Crippen MR) is 133 cm³/mol. The molecule has 0 saturated carbocycles. The Kier molecular flexibility index (Phi) is 11.8. The van der Waals surface area contributed by atoms with Crippen molar-refractivity contribution in [2.75, 3.05) is 33.2 Å². The molecule has 30 heavy (non-hydrogen) atoms. The van der Waals surface area contributed by atoms with Gasteiger partial charge in [0, 0.05) is 39.4 Å². The van der Waals surface area contributed by atoms with Crippen LogP contribution in [-0.4, -0.2) is 60.8 Å². The zero-order valence-electron chi connectivity index (χ0n) is 18.4. The van der Waals surface area contributed by atoms with Gasteiger partial charge in [-0.3, -0.25) is 4.99 Å². The van der Waals surface area contributed by atoms with Gasteiger partial charge in [0.25, 0.3) is 0 Å². The molecule has 2 heterocycles. The quantitative estimate of drug-likeness (QED) is 0.241. The Labute approximate surface area is 202 Å². The van der Waals surface area contributed by atoms with E-state index in [2.05, 4.69) is 20.6 Å². The van der Waals surface area contributed by atoms with Crippen molar-refractivity contribution in [3.63, 3.8) is 0 Å². The fraction of sp³-hybridized carbons (Fsp3) is 0.667. The molecule has 0 radical (unpaired) electrons. The van der Waals surface area contributed by atoms with Crippen LogP contribution in [0.1, 0.15) is 45.6 Å². The van der Waals surface area contributed by atoms with E-state index in [9.17, 15) is 4.79 Å². The van der Waals surface area contributed by atoms with E-state index in [0.717, 1.165) is 63.4 Å². The van der Waals surface area contributed by atoms with Crippen molar-refractivity contribution in [3.8, 4) is 0 Å². The minimum absolute atomic E-state index is 0. The van der Waals surface area contributed by atoms with Gasteiger partial charge in [-0.25, -0.2) is 9.78 Å². The third kappa shape index (κ3) is 10.1. The topological polar surface area (TPSA) is 78.9 Å². The summed E-state index contributed by atoms with van der Waals surface area (Å²) in [7, 11) is 1.77. The zero-order valence-corrected chi connectivity index (χ0v) is 21.5. The number of guanidine groups is 1. The summed E-state index contributed by atoms with van der Waals surface area (Å²) in [6, 6.07) is 3.78. The molecule has 1 aromatic heterocycles. The summed E-state index contributed by atoms with van der Waals surface area (Å²) in [5.41, 5.74) is 0.674. The van der Waals surface area contributed by atoms with Gasteiger partial charge in [-0.15, -0.1) is 24.0 Å². The number of amides is 1. The molecule has 9 heteroatoms. The molecule has 1 aliphatic rings. The molecule has 1 saturated heterocycles. The Morgan fingerprint density at radius 2 is 2.07 bits per heavy atom. The van der Waals surface area contributed by atoms with Gasteiger partial charge in [0.2, 0.25) is 0 Å². The Hall–Kier alpha value is -1.29. The highest BCUT2D eigenvalue weighted by atomic mass is 127. The minimum Gasteiger partial charge on any atom is -0.444 e. The maximum absolute atomic E-state index is 12.3. The summed E-state index contributed by atoms with van der Waals surface area (Å²) in [5.74, 6) is 1.26. The maximum atomic E-state index is 12.3. The first-order chi connectivity index (χ1) is 13.8. The standard InChI is InChI=1S/C21H34ClN5O2.HI/c1-21(2,3)29-20(28)27-13-5-6-17(15-27)10-12-25-19(23-4)24-11-9-16-7-8-18(22)26-14-16;/h7-8,14,17H,5-6,9-13,15H2,1-4H3,(H2,23,24,25);1H.